The lowest BCUT2D eigenvalue weighted by Gasteiger charge is -2.31. The van der Waals surface area contributed by atoms with Gasteiger partial charge in [0.25, 0.3) is 0 Å². The number of rotatable bonds is 8. The minimum absolute atomic E-state index is 0.0821. The molecule has 194 valence electrons. The number of carboxylic acid groups (broad SMARTS) is 1. The van der Waals surface area contributed by atoms with Gasteiger partial charge in [0.15, 0.2) is 0 Å². The van der Waals surface area contributed by atoms with Gasteiger partial charge >= 0.3 is 5.97 Å². The first-order valence-corrected chi connectivity index (χ1v) is 13.8. The van der Waals surface area contributed by atoms with Crippen molar-refractivity contribution >= 4 is 27.6 Å². The second-order valence-corrected chi connectivity index (χ2v) is 11.4. The highest BCUT2D eigenvalue weighted by molar-refractivity contribution is 7.89. The molecule has 0 aromatic heterocycles. The van der Waals surface area contributed by atoms with Gasteiger partial charge in [-0.2, -0.15) is 0 Å². The molecule has 36 heavy (non-hydrogen) atoms. The third-order valence-electron chi connectivity index (χ3n) is 7.06. The number of anilines is 1. The summed E-state index contributed by atoms with van der Waals surface area (Å²) >= 11 is 0. The summed E-state index contributed by atoms with van der Waals surface area (Å²) in [6.07, 6.45) is 3.81. The van der Waals surface area contributed by atoms with E-state index in [-0.39, 0.29) is 41.2 Å². The molecular weight excluding hydrogens is 485 g/mol. The zero-order valence-corrected chi connectivity index (χ0v) is 21.1. The number of amides is 1. The van der Waals surface area contributed by atoms with Gasteiger partial charge in [0.2, 0.25) is 15.9 Å². The number of benzene rings is 2. The molecule has 2 aliphatic rings. The molecule has 2 aromatic carbocycles. The highest BCUT2D eigenvalue weighted by atomic mass is 32.2. The van der Waals surface area contributed by atoms with Crippen molar-refractivity contribution in [3.05, 3.63) is 59.4 Å². The van der Waals surface area contributed by atoms with Crippen LogP contribution in [0.5, 0.6) is 0 Å². The van der Waals surface area contributed by atoms with Crippen LogP contribution in [0.3, 0.4) is 0 Å². The summed E-state index contributed by atoms with van der Waals surface area (Å²) in [6, 6.07) is 10.4. The zero-order chi connectivity index (χ0) is 25.9. The largest absolute Gasteiger partial charge is 0.480 e. The molecule has 0 bridgehead atoms. The molecule has 4 rings (SSSR count). The van der Waals surface area contributed by atoms with Crippen molar-refractivity contribution in [3.63, 3.8) is 0 Å². The predicted octanol–water partition coefficient (Wildman–Crippen LogP) is 3.38. The van der Waals surface area contributed by atoms with Gasteiger partial charge in [0.1, 0.15) is 12.4 Å². The topological polar surface area (TPSA) is 116 Å². The number of halogens is 1. The Morgan fingerprint density at radius 2 is 1.81 bits per heavy atom. The summed E-state index contributed by atoms with van der Waals surface area (Å²) in [5, 5.41) is 12.2. The minimum Gasteiger partial charge on any atom is -0.480 e. The van der Waals surface area contributed by atoms with Gasteiger partial charge in [-0.05, 0) is 80.8 Å². The van der Waals surface area contributed by atoms with E-state index >= 15 is 0 Å². The fraction of sp³-hybridized carbons (Fsp3) is 0.462. The average molecular weight is 518 g/mol. The summed E-state index contributed by atoms with van der Waals surface area (Å²) in [4.78, 5) is 25.8. The summed E-state index contributed by atoms with van der Waals surface area (Å²) in [5.74, 6) is -1.57. The monoisotopic (exact) mass is 517 g/mol. The van der Waals surface area contributed by atoms with Gasteiger partial charge < -0.3 is 15.3 Å². The lowest BCUT2D eigenvalue weighted by molar-refractivity contribution is -0.135. The minimum atomic E-state index is -3.80. The van der Waals surface area contributed by atoms with Crippen LogP contribution in [0.4, 0.5) is 10.1 Å². The van der Waals surface area contributed by atoms with Gasteiger partial charge in [-0.3, -0.25) is 9.59 Å². The van der Waals surface area contributed by atoms with E-state index in [1.54, 1.807) is 35.2 Å². The molecule has 1 heterocycles. The summed E-state index contributed by atoms with van der Waals surface area (Å²) in [6.45, 7) is 2.25. The smallest absolute Gasteiger partial charge is 0.323 e. The van der Waals surface area contributed by atoms with Crippen LogP contribution < -0.4 is 14.9 Å². The Morgan fingerprint density at radius 3 is 2.47 bits per heavy atom. The first-order chi connectivity index (χ1) is 17.1. The van der Waals surface area contributed by atoms with Crippen LogP contribution in [0.2, 0.25) is 0 Å². The molecule has 0 spiro atoms. The van der Waals surface area contributed by atoms with E-state index in [1.807, 2.05) is 6.92 Å². The lowest BCUT2D eigenvalue weighted by atomic mass is 9.85. The van der Waals surface area contributed by atoms with Gasteiger partial charge in [0.05, 0.1) is 10.9 Å². The molecule has 0 saturated heterocycles. The van der Waals surface area contributed by atoms with Gasteiger partial charge in [-0.1, -0.05) is 18.2 Å². The molecule has 3 N–H and O–H groups in total. The molecule has 1 atom stereocenters. The van der Waals surface area contributed by atoms with Crippen LogP contribution in [0.1, 0.15) is 56.2 Å². The summed E-state index contributed by atoms with van der Waals surface area (Å²) in [5.41, 5.74) is 2.42. The lowest BCUT2D eigenvalue weighted by Crippen LogP contribution is -2.41. The SMILES string of the molecule is CC(NC(=O)C1CCC(NS(=O)(=O)c2ccc3c(c2)N(CC(=O)O)CCC3)CC1)c1ccc(F)cc1. The fourth-order valence-electron chi connectivity index (χ4n) is 5.05. The number of carboxylic acids is 1. The van der Waals surface area contributed by atoms with Crippen LogP contribution in [0.15, 0.2) is 47.4 Å². The molecule has 1 aliphatic carbocycles. The van der Waals surface area contributed by atoms with Crippen molar-refractivity contribution in [2.75, 3.05) is 18.0 Å². The molecule has 1 amide bonds. The highest BCUT2D eigenvalue weighted by Gasteiger charge is 2.30. The van der Waals surface area contributed by atoms with Crippen LogP contribution in [0.25, 0.3) is 0 Å². The van der Waals surface area contributed by atoms with E-state index in [1.165, 1.54) is 12.1 Å². The molecule has 1 saturated carbocycles. The van der Waals surface area contributed by atoms with Gasteiger partial charge in [-0.25, -0.2) is 17.5 Å². The molecule has 1 unspecified atom stereocenters. The standard InChI is InChI=1S/C26H32FN3O5S/c1-17(18-4-9-21(27)10-5-18)28-26(33)20-6-11-22(12-7-20)29-36(34,35)23-13-8-19-3-2-14-30(16-25(31)32)24(19)15-23/h4-5,8-10,13,15,17,20,22,29H,2-3,6-7,11-12,14,16H2,1H3,(H,28,33)(H,31,32). The number of fused-ring (bicyclic) bond motifs is 1. The van der Waals surface area contributed by atoms with Crippen LogP contribution in [0, 0.1) is 11.7 Å². The van der Waals surface area contributed by atoms with Crippen molar-refractivity contribution < 1.29 is 27.5 Å². The Labute approximate surface area is 210 Å². The number of nitrogens with one attached hydrogen (secondary N) is 2. The zero-order valence-electron chi connectivity index (χ0n) is 20.2. The van der Waals surface area contributed by atoms with Crippen molar-refractivity contribution in [1.29, 1.82) is 0 Å². The molecule has 2 aromatic rings. The average Bonchev–Trinajstić information content (AvgIpc) is 2.84. The maximum absolute atomic E-state index is 13.1. The van der Waals surface area contributed by atoms with Crippen LogP contribution in [-0.2, 0) is 26.0 Å². The number of aliphatic carboxylic acids is 1. The first-order valence-electron chi connectivity index (χ1n) is 12.3. The number of hydrogen-bond donors (Lipinski definition) is 3. The maximum Gasteiger partial charge on any atom is 0.323 e. The van der Waals surface area contributed by atoms with E-state index in [4.69, 9.17) is 0 Å². The summed E-state index contributed by atoms with van der Waals surface area (Å²) < 4.78 is 42.1. The second-order valence-electron chi connectivity index (χ2n) is 9.66. The Morgan fingerprint density at radius 1 is 1.11 bits per heavy atom. The van der Waals surface area contributed by atoms with Crippen molar-refractivity contribution in [1.82, 2.24) is 10.0 Å². The number of carbonyl (C=O) groups excluding carboxylic acids is 1. The molecule has 1 aliphatic heterocycles. The number of aryl methyl sites for hydroxylation is 1. The first kappa shape index (κ1) is 26.1. The fourth-order valence-corrected chi connectivity index (χ4v) is 6.38. The van der Waals surface area contributed by atoms with E-state index in [9.17, 15) is 27.5 Å². The van der Waals surface area contributed by atoms with Crippen molar-refractivity contribution in [2.24, 2.45) is 5.92 Å². The molecule has 10 heteroatoms. The van der Waals surface area contributed by atoms with Crippen molar-refractivity contribution in [2.45, 2.75) is 62.4 Å². The van der Waals surface area contributed by atoms with E-state index < -0.39 is 16.0 Å². The maximum atomic E-state index is 13.1. The van der Waals surface area contributed by atoms with Gasteiger partial charge in [-0.15, -0.1) is 0 Å². The number of sulfonamides is 1. The van der Waals surface area contributed by atoms with Crippen molar-refractivity contribution in [3.8, 4) is 0 Å². The molecular formula is C26H32FN3O5S. The Balaban J connectivity index is 1.34. The van der Waals surface area contributed by atoms with Crippen LogP contribution in [-0.4, -0.2) is 44.5 Å². The van der Waals surface area contributed by atoms with Crippen LogP contribution >= 0.6 is 0 Å². The number of nitrogens with zero attached hydrogens (tertiary/aromatic N) is 1. The normalized spacial score (nSPS) is 20.9. The highest BCUT2D eigenvalue weighted by Crippen LogP contribution is 2.31. The Kier molecular flexibility index (Phi) is 7.94. The van der Waals surface area contributed by atoms with E-state index in [0.29, 0.717) is 37.9 Å². The number of carbonyl (C=O) groups is 2. The van der Waals surface area contributed by atoms with E-state index in [2.05, 4.69) is 10.0 Å². The van der Waals surface area contributed by atoms with E-state index in [0.717, 1.165) is 24.0 Å². The summed E-state index contributed by atoms with van der Waals surface area (Å²) in [7, 11) is -3.80. The molecule has 8 nitrogen and oxygen atoms in total. The molecule has 1 fully saturated rings. The third-order valence-corrected chi connectivity index (χ3v) is 8.57. The van der Waals surface area contributed by atoms with Gasteiger partial charge in [0, 0.05) is 24.2 Å². The number of hydrogen-bond acceptors (Lipinski definition) is 5. The second kappa shape index (κ2) is 11.0. The third kappa shape index (κ3) is 6.22. The predicted molar refractivity (Wildman–Crippen MR) is 134 cm³/mol. The quantitative estimate of drug-likeness (QED) is 0.495. The Bertz CT molecular complexity index is 1210. The Hall–Kier alpha value is -2.98. The molecule has 0 radical (unpaired) electrons.